The van der Waals surface area contributed by atoms with Crippen LogP contribution < -0.4 is 0 Å². The second kappa shape index (κ2) is 6.63. The Hall–Kier alpha value is -2.15. The van der Waals surface area contributed by atoms with E-state index >= 15 is 0 Å². The van der Waals surface area contributed by atoms with Gasteiger partial charge in [-0.05, 0) is 33.4 Å². The van der Waals surface area contributed by atoms with Crippen LogP contribution in [-0.4, -0.2) is 0 Å². The van der Waals surface area contributed by atoms with Crippen molar-refractivity contribution in [3.8, 4) is 0 Å². The van der Waals surface area contributed by atoms with E-state index in [9.17, 15) is 0 Å². The Morgan fingerprint density at radius 1 is 0.640 bits per heavy atom. The van der Waals surface area contributed by atoms with E-state index in [-0.39, 0.29) is 21.7 Å². The Balaban J connectivity index is 0.00000157. The number of rotatable bonds is 2. The van der Waals surface area contributed by atoms with Gasteiger partial charge in [0.1, 0.15) is 0 Å². The van der Waals surface area contributed by atoms with Crippen molar-refractivity contribution in [3.05, 3.63) is 119 Å². The van der Waals surface area contributed by atoms with Gasteiger partial charge in [-0.3, -0.25) is 0 Å². The second-order valence-corrected chi connectivity index (χ2v) is 6.56. The molecular weight excluding hydrogens is 336 g/mol. The van der Waals surface area contributed by atoms with E-state index in [0.29, 0.717) is 11.8 Å². The van der Waals surface area contributed by atoms with Crippen molar-refractivity contribution in [2.24, 2.45) is 5.92 Å². The zero-order valence-corrected chi connectivity index (χ0v) is 15.5. The van der Waals surface area contributed by atoms with E-state index in [4.69, 9.17) is 0 Å². The van der Waals surface area contributed by atoms with E-state index < -0.39 is 0 Å². The van der Waals surface area contributed by atoms with Gasteiger partial charge in [-0.25, -0.2) is 0 Å². The molecule has 0 amide bonds. The monoisotopic (exact) mass is 354 g/mol. The number of hydrogen-bond donors (Lipinski definition) is 0. The minimum atomic E-state index is 0. The molecule has 0 saturated carbocycles. The normalized spacial score (nSPS) is 22.1. The predicted octanol–water partition coefficient (Wildman–Crippen LogP) is 5.91. The smallest absolute Gasteiger partial charge is 0.0284 e. The summed E-state index contributed by atoms with van der Waals surface area (Å²) in [6, 6.07) is 17.6. The SMILES string of the molecule is C1=CC2=CC=C(c3ccccc3C3C=Cc4ccccc43)C2C=C1.[Ti]. The molecule has 0 nitrogen and oxygen atoms in total. The Morgan fingerprint density at radius 3 is 2.36 bits per heavy atom. The zero-order chi connectivity index (χ0) is 15.9. The number of fused-ring (bicyclic) bond motifs is 2. The van der Waals surface area contributed by atoms with Crippen LogP contribution in [-0.2, 0) is 21.7 Å². The van der Waals surface area contributed by atoms with Gasteiger partial charge >= 0.3 is 0 Å². The van der Waals surface area contributed by atoms with Crippen molar-refractivity contribution in [2.75, 3.05) is 0 Å². The molecule has 0 heterocycles. The molecule has 0 bridgehead atoms. The first-order valence-corrected chi connectivity index (χ1v) is 8.55. The molecule has 3 aliphatic rings. The standard InChI is InChI=1S/C24H18.Ti/c1-3-9-19-17(7-1)13-15-23(19)21-11-5-6-12-22(21)24-16-14-18-8-2-4-10-20(18)24;/h1-16,19,24H;. The Labute approximate surface area is 163 Å². The van der Waals surface area contributed by atoms with Crippen LogP contribution in [0.1, 0.15) is 28.2 Å². The van der Waals surface area contributed by atoms with Gasteiger partial charge in [-0.15, -0.1) is 0 Å². The quantitative estimate of drug-likeness (QED) is 0.588. The molecule has 0 aromatic heterocycles. The Morgan fingerprint density at radius 2 is 1.44 bits per heavy atom. The summed E-state index contributed by atoms with van der Waals surface area (Å²) in [5.41, 5.74) is 8.35. The summed E-state index contributed by atoms with van der Waals surface area (Å²) in [6.07, 6.45) is 18.0. The summed E-state index contributed by atoms with van der Waals surface area (Å²) in [7, 11) is 0. The van der Waals surface area contributed by atoms with Crippen molar-refractivity contribution in [3.63, 3.8) is 0 Å². The van der Waals surface area contributed by atoms with E-state index in [1.54, 1.807) is 0 Å². The van der Waals surface area contributed by atoms with E-state index in [1.165, 1.54) is 33.4 Å². The molecule has 2 unspecified atom stereocenters. The maximum absolute atomic E-state index is 2.34. The Kier molecular flexibility index (Phi) is 4.33. The number of hydrogen-bond acceptors (Lipinski definition) is 0. The van der Waals surface area contributed by atoms with Crippen LogP contribution in [0.25, 0.3) is 11.6 Å². The van der Waals surface area contributed by atoms with Crippen LogP contribution in [0.5, 0.6) is 0 Å². The largest absolute Gasteiger partial charge is 0.0726 e. The van der Waals surface area contributed by atoms with Crippen molar-refractivity contribution in [2.45, 2.75) is 5.92 Å². The van der Waals surface area contributed by atoms with Crippen molar-refractivity contribution in [1.82, 2.24) is 0 Å². The summed E-state index contributed by atoms with van der Waals surface area (Å²) in [5, 5.41) is 0. The average Bonchev–Trinajstić information content (AvgIpc) is 3.26. The topological polar surface area (TPSA) is 0 Å². The van der Waals surface area contributed by atoms with Gasteiger partial charge in [0.15, 0.2) is 0 Å². The molecule has 0 saturated heterocycles. The van der Waals surface area contributed by atoms with Gasteiger partial charge in [-0.2, -0.15) is 0 Å². The third-order valence-corrected chi connectivity index (χ3v) is 5.26. The van der Waals surface area contributed by atoms with Gasteiger partial charge in [0, 0.05) is 33.6 Å². The first-order chi connectivity index (χ1) is 11.9. The van der Waals surface area contributed by atoms with Gasteiger partial charge in [-0.1, -0.05) is 97.1 Å². The molecular formula is C24H18Ti. The zero-order valence-electron chi connectivity index (χ0n) is 13.9. The molecule has 1 heteroatoms. The van der Waals surface area contributed by atoms with Crippen LogP contribution in [0, 0.1) is 5.92 Å². The van der Waals surface area contributed by atoms with Crippen LogP contribution in [0.15, 0.2) is 96.6 Å². The van der Waals surface area contributed by atoms with E-state index in [2.05, 4.69) is 97.1 Å². The van der Waals surface area contributed by atoms with Crippen molar-refractivity contribution in [1.29, 1.82) is 0 Å². The first-order valence-electron chi connectivity index (χ1n) is 8.55. The van der Waals surface area contributed by atoms with E-state index in [1.807, 2.05) is 0 Å². The van der Waals surface area contributed by atoms with Crippen LogP contribution in [0.3, 0.4) is 0 Å². The van der Waals surface area contributed by atoms with E-state index in [0.717, 1.165) is 0 Å². The third kappa shape index (κ3) is 2.67. The van der Waals surface area contributed by atoms with Gasteiger partial charge in [0.25, 0.3) is 0 Å². The first kappa shape index (κ1) is 16.3. The molecule has 5 rings (SSSR count). The minimum Gasteiger partial charge on any atom is -0.0726 e. The van der Waals surface area contributed by atoms with Crippen molar-refractivity contribution < 1.29 is 21.7 Å². The molecule has 0 N–H and O–H groups in total. The predicted molar refractivity (Wildman–Crippen MR) is 102 cm³/mol. The molecule has 0 spiro atoms. The molecule has 0 radical (unpaired) electrons. The van der Waals surface area contributed by atoms with Crippen LogP contribution >= 0.6 is 0 Å². The summed E-state index contributed by atoms with van der Waals surface area (Å²) >= 11 is 0. The molecule has 2 aromatic carbocycles. The summed E-state index contributed by atoms with van der Waals surface area (Å²) in [4.78, 5) is 0. The molecule has 0 aliphatic heterocycles. The van der Waals surface area contributed by atoms with Gasteiger partial charge < -0.3 is 0 Å². The van der Waals surface area contributed by atoms with Crippen molar-refractivity contribution >= 4 is 11.6 Å². The second-order valence-electron chi connectivity index (χ2n) is 6.56. The molecule has 25 heavy (non-hydrogen) atoms. The van der Waals surface area contributed by atoms with Gasteiger partial charge in [0.2, 0.25) is 0 Å². The molecule has 3 aliphatic carbocycles. The fourth-order valence-electron chi connectivity index (χ4n) is 4.10. The average molecular weight is 354 g/mol. The van der Waals surface area contributed by atoms with Crippen LogP contribution in [0.4, 0.5) is 0 Å². The summed E-state index contributed by atoms with van der Waals surface area (Å²) in [6.45, 7) is 0. The summed E-state index contributed by atoms with van der Waals surface area (Å²) in [5.74, 6) is 0.752. The minimum absolute atomic E-state index is 0. The molecule has 2 atom stereocenters. The number of allylic oxidation sites excluding steroid dienone is 9. The maximum atomic E-state index is 2.34. The Bertz CT molecular complexity index is 969. The maximum Gasteiger partial charge on any atom is 0.0284 e. The third-order valence-electron chi connectivity index (χ3n) is 5.26. The molecule has 2 aromatic rings. The fraction of sp³-hybridized carbons (Fsp3) is 0.0833. The molecule has 0 fully saturated rings. The van der Waals surface area contributed by atoms with Crippen LogP contribution in [0.2, 0.25) is 0 Å². The summed E-state index contributed by atoms with van der Waals surface area (Å²) < 4.78 is 0. The fourth-order valence-corrected chi connectivity index (χ4v) is 4.10. The number of benzene rings is 2. The molecule has 118 valence electrons. The van der Waals surface area contributed by atoms with Gasteiger partial charge in [0.05, 0.1) is 0 Å².